The van der Waals surface area contributed by atoms with Crippen LogP contribution >= 0.6 is 11.6 Å². The number of nitrogens with one attached hydrogen (secondary N) is 1. The average molecular weight is 457 g/mol. The molecule has 1 fully saturated rings. The number of fused-ring (bicyclic) bond motifs is 1. The molecule has 0 saturated carbocycles. The van der Waals surface area contributed by atoms with Gasteiger partial charge in [-0.3, -0.25) is 4.79 Å². The van der Waals surface area contributed by atoms with Crippen LogP contribution in [0.5, 0.6) is 0 Å². The lowest BCUT2D eigenvalue weighted by Gasteiger charge is -2.20. The van der Waals surface area contributed by atoms with E-state index in [9.17, 15) is 13.2 Å². The van der Waals surface area contributed by atoms with Crippen LogP contribution in [0.4, 0.5) is 0 Å². The number of carbonyl (C=O) groups is 1. The minimum Gasteiger partial charge on any atom is -0.348 e. The fraction of sp³-hybridized carbons (Fsp3) is 0.292. The number of rotatable bonds is 5. The molecular formula is C24H25ClN2O3S. The fourth-order valence-corrected chi connectivity index (χ4v) is 5.73. The van der Waals surface area contributed by atoms with Crippen molar-refractivity contribution in [1.82, 2.24) is 9.62 Å². The lowest BCUT2D eigenvalue weighted by atomic mass is 10.0. The molecule has 1 amide bonds. The quantitative estimate of drug-likeness (QED) is 0.588. The zero-order chi connectivity index (χ0) is 21.8. The first kappa shape index (κ1) is 21.8. The summed E-state index contributed by atoms with van der Waals surface area (Å²) in [6.45, 7) is 1.33. The standard InChI is InChI=1S/C24H25ClN2O3S/c25-23-13-12-20(31(29,30)27-14-5-1-2-6-15-27)16-22(23)24(28)26-17-19-10-7-9-18-8-3-4-11-21(18)19/h3-4,7-13,16H,1-2,5-6,14-15,17H2,(H,26,28). The topological polar surface area (TPSA) is 66.5 Å². The molecule has 5 nitrogen and oxygen atoms in total. The van der Waals surface area contributed by atoms with Crippen LogP contribution in [0.25, 0.3) is 10.8 Å². The fourth-order valence-electron chi connectivity index (χ4n) is 3.99. The predicted molar refractivity (Wildman–Crippen MR) is 124 cm³/mol. The highest BCUT2D eigenvalue weighted by molar-refractivity contribution is 7.89. The van der Waals surface area contributed by atoms with Crippen LogP contribution in [0.15, 0.2) is 65.6 Å². The average Bonchev–Trinajstić information content (AvgIpc) is 3.08. The number of sulfonamides is 1. The third-order valence-corrected chi connectivity index (χ3v) is 7.93. The molecule has 3 aromatic carbocycles. The van der Waals surface area contributed by atoms with Gasteiger partial charge in [0.1, 0.15) is 0 Å². The second-order valence-corrected chi connectivity index (χ2v) is 10.1. The number of halogens is 1. The zero-order valence-electron chi connectivity index (χ0n) is 17.2. The normalized spacial score (nSPS) is 15.5. The summed E-state index contributed by atoms with van der Waals surface area (Å²) in [4.78, 5) is 13.0. The van der Waals surface area contributed by atoms with Gasteiger partial charge in [0.25, 0.3) is 5.91 Å². The maximum Gasteiger partial charge on any atom is 0.253 e. The Morgan fingerprint density at radius 1 is 0.935 bits per heavy atom. The summed E-state index contributed by atoms with van der Waals surface area (Å²) >= 11 is 6.26. The van der Waals surface area contributed by atoms with E-state index < -0.39 is 15.9 Å². The van der Waals surface area contributed by atoms with Crippen LogP contribution in [0.1, 0.15) is 41.6 Å². The highest BCUT2D eigenvalue weighted by Gasteiger charge is 2.26. The van der Waals surface area contributed by atoms with Gasteiger partial charge in [-0.15, -0.1) is 0 Å². The van der Waals surface area contributed by atoms with Gasteiger partial charge in [-0.1, -0.05) is 66.9 Å². The number of amides is 1. The second-order valence-electron chi connectivity index (χ2n) is 7.78. The molecule has 0 aliphatic carbocycles. The molecule has 1 saturated heterocycles. The number of hydrogen-bond acceptors (Lipinski definition) is 3. The predicted octanol–water partition coefficient (Wildman–Crippen LogP) is 4.99. The summed E-state index contributed by atoms with van der Waals surface area (Å²) in [5.74, 6) is -0.397. The molecule has 0 unspecified atom stereocenters. The molecule has 1 aliphatic rings. The summed E-state index contributed by atoms with van der Waals surface area (Å²) in [6, 6.07) is 18.3. The smallest absolute Gasteiger partial charge is 0.253 e. The minimum atomic E-state index is -3.66. The Kier molecular flexibility index (Phi) is 6.60. The lowest BCUT2D eigenvalue weighted by molar-refractivity contribution is 0.0951. The Morgan fingerprint density at radius 3 is 2.42 bits per heavy atom. The Balaban J connectivity index is 1.55. The third-order valence-electron chi connectivity index (χ3n) is 5.70. The molecule has 0 spiro atoms. The summed E-state index contributed by atoms with van der Waals surface area (Å²) in [5, 5.41) is 5.27. The van der Waals surface area contributed by atoms with Crippen molar-refractivity contribution in [3.05, 3.63) is 76.8 Å². The highest BCUT2D eigenvalue weighted by Crippen LogP contribution is 2.25. The van der Waals surface area contributed by atoms with Crippen LogP contribution in [-0.2, 0) is 16.6 Å². The number of nitrogens with zero attached hydrogens (tertiary/aromatic N) is 1. The maximum atomic E-state index is 13.1. The number of hydrogen-bond donors (Lipinski definition) is 1. The molecule has 1 aliphatic heterocycles. The molecule has 1 N–H and O–H groups in total. The van der Waals surface area contributed by atoms with Gasteiger partial charge in [0, 0.05) is 19.6 Å². The highest BCUT2D eigenvalue weighted by atomic mass is 35.5. The molecule has 1 heterocycles. The van der Waals surface area contributed by atoms with Gasteiger partial charge in [0.2, 0.25) is 10.0 Å². The van der Waals surface area contributed by atoms with E-state index in [1.807, 2.05) is 42.5 Å². The van der Waals surface area contributed by atoms with E-state index in [0.29, 0.717) is 19.6 Å². The van der Waals surface area contributed by atoms with Crippen LogP contribution < -0.4 is 5.32 Å². The van der Waals surface area contributed by atoms with Crippen LogP contribution in [0.2, 0.25) is 5.02 Å². The van der Waals surface area contributed by atoms with Crippen LogP contribution in [0.3, 0.4) is 0 Å². The van der Waals surface area contributed by atoms with Crippen LogP contribution in [0, 0.1) is 0 Å². The minimum absolute atomic E-state index is 0.106. The van der Waals surface area contributed by atoms with Crippen molar-refractivity contribution >= 4 is 38.3 Å². The Morgan fingerprint density at radius 2 is 1.65 bits per heavy atom. The maximum absolute atomic E-state index is 13.1. The van der Waals surface area contributed by atoms with Crippen molar-refractivity contribution < 1.29 is 13.2 Å². The van der Waals surface area contributed by atoms with Crippen molar-refractivity contribution in [2.45, 2.75) is 37.1 Å². The molecule has 0 atom stereocenters. The van der Waals surface area contributed by atoms with Crippen molar-refractivity contribution in [2.24, 2.45) is 0 Å². The van der Waals surface area contributed by atoms with Crippen molar-refractivity contribution in [3.8, 4) is 0 Å². The molecule has 31 heavy (non-hydrogen) atoms. The molecule has 0 bridgehead atoms. The van der Waals surface area contributed by atoms with Crippen molar-refractivity contribution in [3.63, 3.8) is 0 Å². The van der Waals surface area contributed by atoms with E-state index >= 15 is 0 Å². The largest absolute Gasteiger partial charge is 0.348 e. The van der Waals surface area contributed by atoms with Crippen LogP contribution in [-0.4, -0.2) is 31.7 Å². The number of carbonyl (C=O) groups excluding carboxylic acids is 1. The summed E-state index contributed by atoms with van der Waals surface area (Å²) in [7, 11) is -3.66. The molecule has 3 aromatic rings. The Hall–Kier alpha value is -2.41. The zero-order valence-corrected chi connectivity index (χ0v) is 18.8. The molecule has 0 radical (unpaired) electrons. The van der Waals surface area contributed by atoms with Gasteiger partial charge in [0.15, 0.2) is 0 Å². The van der Waals surface area contributed by atoms with E-state index in [2.05, 4.69) is 5.32 Å². The van der Waals surface area contributed by atoms with Gasteiger partial charge >= 0.3 is 0 Å². The number of benzene rings is 3. The molecule has 0 aromatic heterocycles. The van der Waals surface area contributed by atoms with E-state index in [1.165, 1.54) is 22.5 Å². The molecule has 7 heteroatoms. The Labute approximate surface area is 188 Å². The molecule has 4 rings (SSSR count). The van der Waals surface area contributed by atoms with Crippen molar-refractivity contribution in [2.75, 3.05) is 13.1 Å². The first-order valence-electron chi connectivity index (χ1n) is 10.5. The summed E-state index contributed by atoms with van der Waals surface area (Å²) < 4.78 is 27.7. The van der Waals surface area contributed by atoms with E-state index in [1.54, 1.807) is 0 Å². The van der Waals surface area contributed by atoms with E-state index in [4.69, 9.17) is 11.6 Å². The van der Waals surface area contributed by atoms with E-state index in [-0.39, 0.29) is 15.5 Å². The first-order valence-corrected chi connectivity index (χ1v) is 12.3. The summed E-state index contributed by atoms with van der Waals surface area (Å²) in [5.41, 5.74) is 1.15. The monoisotopic (exact) mass is 456 g/mol. The van der Waals surface area contributed by atoms with Crippen molar-refractivity contribution in [1.29, 1.82) is 0 Å². The third kappa shape index (κ3) is 4.76. The van der Waals surface area contributed by atoms with Gasteiger partial charge in [-0.25, -0.2) is 8.42 Å². The van der Waals surface area contributed by atoms with Gasteiger partial charge in [0.05, 0.1) is 15.5 Å². The first-order chi connectivity index (χ1) is 15.0. The van der Waals surface area contributed by atoms with Gasteiger partial charge in [-0.05, 0) is 47.4 Å². The van der Waals surface area contributed by atoms with Gasteiger partial charge in [-0.2, -0.15) is 4.31 Å². The Bertz CT molecular complexity index is 1200. The second kappa shape index (κ2) is 9.39. The lowest BCUT2D eigenvalue weighted by Crippen LogP contribution is -2.32. The van der Waals surface area contributed by atoms with Gasteiger partial charge < -0.3 is 5.32 Å². The SMILES string of the molecule is O=C(NCc1cccc2ccccc12)c1cc(S(=O)(=O)N2CCCCCC2)ccc1Cl. The molecular weight excluding hydrogens is 432 g/mol. The summed E-state index contributed by atoms with van der Waals surface area (Å²) in [6.07, 6.45) is 3.78. The van der Waals surface area contributed by atoms with E-state index in [0.717, 1.165) is 42.0 Å². The molecule has 162 valence electrons.